The first kappa shape index (κ1) is 13.3. The van der Waals surface area contributed by atoms with Crippen LogP contribution in [0.1, 0.15) is 13.3 Å². The Kier molecular flexibility index (Phi) is 3.84. The number of anilines is 1. The van der Waals surface area contributed by atoms with Crippen LogP contribution in [0.2, 0.25) is 0 Å². The topological polar surface area (TPSA) is 49.4 Å². The molecule has 1 aromatic carbocycles. The van der Waals surface area contributed by atoms with Crippen molar-refractivity contribution in [3.63, 3.8) is 0 Å². The lowest BCUT2D eigenvalue weighted by Gasteiger charge is -2.23. The third kappa shape index (κ3) is 2.63. The van der Waals surface area contributed by atoms with Gasteiger partial charge in [0.25, 0.3) is 0 Å². The summed E-state index contributed by atoms with van der Waals surface area (Å²) in [7, 11) is 0. The van der Waals surface area contributed by atoms with Crippen molar-refractivity contribution in [3.05, 3.63) is 27.6 Å². The Bertz CT molecular complexity index is 507. The van der Waals surface area contributed by atoms with Crippen LogP contribution in [-0.4, -0.2) is 24.4 Å². The molecule has 1 heterocycles. The third-order valence-corrected chi connectivity index (χ3v) is 3.64. The van der Waals surface area contributed by atoms with Crippen LogP contribution in [-0.2, 0) is 9.59 Å². The molecule has 1 N–H and O–H groups in total. The van der Waals surface area contributed by atoms with Crippen LogP contribution in [0.25, 0.3) is 0 Å². The molecule has 0 spiro atoms. The molecule has 1 saturated heterocycles. The number of halogens is 2. The number of benzene rings is 1. The molecule has 1 atom stereocenters. The minimum atomic E-state index is -0.555. The average Bonchev–Trinajstić information content (AvgIpc) is 2.41. The molecule has 18 heavy (non-hydrogen) atoms. The Balaban J connectivity index is 2.36. The zero-order valence-corrected chi connectivity index (χ0v) is 11.9. The summed E-state index contributed by atoms with van der Waals surface area (Å²) < 4.78 is 13.7. The summed E-state index contributed by atoms with van der Waals surface area (Å²) >= 11 is 1.98. The van der Waals surface area contributed by atoms with E-state index in [1.165, 1.54) is 17.0 Å². The standard InChI is InChI=1S/C12H12FIN2O2/c1-7-12(18)16(5-4-11(17)15-7)10-3-2-8(13)6-9(10)14/h2-3,6-7H,4-5H2,1H3,(H,15,17). The van der Waals surface area contributed by atoms with Crippen LogP contribution in [0.4, 0.5) is 10.1 Å². The minimum absolute atomic E-state index is 0.143. The normalized spacial score (nSPS) is 20.6. The van der Waals surface area contributed by atoms with E-state index in [1.807, 2.05) is 22.6 Å². The molecule has 2 rings (SSSR count). The van der Waals surface area contributed by atoms with Gasteiger partial charge in [0.05, 0.1) is 5.69 Å². The zero-order chi connectivity index (χ0) is 13.3. The fourth-order valence-corrected chi connectivity index (χ4v) is 2.64. The van der Waals surface area contributed by atoms with Crippen molar-refractivity contribution in [2.24, 2.45) is 0 Å². The van der Waals surface area contributed by atoms with E-state index in [-0.39, 0.29) is 24.1 Å². The van der Waals surface area contributed by atoms with Gasteiger partial charge in [0.1, 0.15) is 11.9 Å². The van der Waals surface area contributed by atoms with Crippen molar-refractivity contribution in [2.75, 3.05) is 11.4 Å². The number of amides is 2. The van der Waals surface area contributed by atoms with E-state index in [4.69, 9.17) is 0 Å². The molecule has 1 aliphatic heterocycles. The second kappa shape index (κ2) is 5.21. The molecule has 0 saturated carbocycles. The number of nitrogens with one attached hydrogen (secondary N) is 1. The highest BCUT2D eigenvalue weighted by atomic mass is 127. The quantitative estimate of drug-likeness (QED) is 0.773. The number of carbonyl (C=O) groups excluding carboxylic acids is 2. The van der Waals surface area contributed by atoms with Crippen LogP contribution >= 0.6 is 22.6 Å². The lowest BCUT2D eigenvalue weighted by Crippen LogP contribution is -2.43. The van der Waals surface area contributed by atoms with Crippen molar-refractivity contribution in [1.82, 2.24) is 5.32 Å². The van der Waals surface area contributed by atoms with Crippen molar-refractivity contribution in [2.45, 2.75) is 19.4 Å². The Morgan fingerprint density at radius 3 is 2.83 bits per heavy atom. The summed E-state index contributed by atoms with van der Waals surface area (Å²) in [6.07, 6.45) is 0.254. The highest BCUT2D eigenvalue weighted by Crippen LogP contribution is 2.25. The van der Waals surface area contributed by atoms with E-state index in [0.29, 0.717) is 15.8 Å². The Labute approximate surface area is 118 Å². The summed E-state index contributed by atoms with van der Waals surface area (Å²) in [5, 5.41) is 2.62. The summed E-state index contributed by atoms with van der Waals surface area (Å²) in [5.74, 6) is -0.659. The molecule has 0 bridgehead atoms. The molecule has 2 amide bonds. The predicted octanol–water partition coefficient (Wildman–Crippen LogP) is 1.67. The molecular weight excluding hydrogens is 350 g/mol. The highest BCUT2D eigenvalue weighted by Gasteiger charge is 2.28. The van der Waals surface area contributed by atoms with E-state index in [2.05, 4.69) is 5.32 Å². The number of rotatable bonds is 1. The summed E-state index contributed by atoms with van der Waals surface area (Å²) in [6, 6.07) is 3.70. The first-order chi connectivity index (χ1) is 8.49. The summed E-state index contributed by atoms with van der Waals surface area (Å²) in [6.45, 7) is 1.96. The fourth-order valence-electron chi connectivity index (χ4n) is 1.87. The van der Waals surface area contributed by atoms with Crippen LogP contribution in [0.15, 0.2) is 18.2 Å². The van der Waals surface area contributed by atoms with Gasteiger partial charge in [-0.15, -0.1) is 0 Å². The van der Waals surface area contributed by atoms with Crippen molar-refractivity contribution >= 4 is 40.1 Å². The summed E-state index contributed by atoms with van der Waals surface area (Å²) in [5.41, 5.74) is 0.644. The van der Waals surface area contributed by atoms with Crippen molar-refractivity contribution in [3.8, 4) is 0 Å². The largest absolute Gasteiger partial charge is 0.345 e. The van der Waals surface area contributed by atoms with E-state index in [1.54, 1.807) is 13.0 Å². The van der Waals surface area contributed by atoms with Gasteiger partial charge >= 0.3 is 0 Å². The van der Waals surface area contributed by atoms with Gasteiger partial charge in [0.15, 0.2) is 0 Å². The molecule has 1 unspecified atom stereocenters. The van der Waals surface area contributed by atoms with Gasteiger partial charge in [-0.1, -0.05) is 0 Å². The Morgan fingerprint density at radius 1 is 1.44 bits per heavy atom. The SMILES string of the molecule is CC1NC(=O)CCN(c2ccc(F)cc2I)C1=O. The maximum absolute atomic E-state index is 13.1. The first-order valence-electron chi connectivity index (χ1n) is 5.55. The monoisotopic (exact) mass is 362 g/mol. The highest BCUT2D eigenvalue weighted by molar-refractivity contribution is 14.1. The summed E-state index contributed by atoms with van der Waals surface area (Å²) in [4.78, 5) is 25.1. The van der Waals surface area contributed by atoms with E-state index in [9.17, 15) is 14.0 Å². The number of hydrogen-bond acceptors (Lipinski definition) is 2. The Hall–Kier alpha value is -1.18. The van der Waals surface area contributed by atoms with Gasteiger partial charge in [-0.2, -0.15) is 0 Å². The van der Waals surface area contributed by atoms with Crippen molar-refractivity contribution < 1.29 is 14.0 Å². The third-order valence-electron chi connectivity index (χ3n) is 2.78. The second-order valence-electron chi connectivity index (χ2n) is 4.12. The van der Waals surface area contributed by atoms with Gasteiger partial charge in [0, 0.05) is 16.5 Å². The lowest BCUT2D eigenvalue weighted by molar-refractivity contribution is -0.125. The van der Waals surface area contributed by atoms with E-state index in [0.717, 1.165) is 0 Å². The molecule has 1 aliphatic rings. The van der Waals surface area contributed by atoms with Gasteiger partial charge in [-0.25, -0.2) is 4.39 Å². The maximum Gasteiger partial charge on any atom is 0.249 e. The molecule has 0 aliphatic carbocycles. The average molecular weight is 362 g/mol. The van der Waals surface area contributed by atoms with Gasteiger partial charge in [-0.3, -0.25) is 9.59 Å². The number of carbonyl (C=O) groups is 2. The van der Waals surface area contributed by atoms with Crippen molar-refractivity contribution in [1.29, 1.82) is 0 Å². The van der Waals surface area contributed by atoms with Gasteiger partial charge in [-0.05, 0) is 47.7 Å². The fraction of sp³-hybridized carbons (Fsp3) is 0.333. The number of nitrogens with zero attached hydrogens (tertiary/aromatic N) is 1. The second-order valence-corrected chi connectivity index (χ2v) is 5.29. The molecular formula is C12H12FIN2O2. The smallest absolute Gasteiger partial charge is 0.249 e. The van der Waals surface area contributed by atoms with Crippen LogP contribution in [0.5, 0.6) is 0 Å². The molecule has 96 valence electrons. The van der Waals surface area contributed by atoms with Crippen LogP contribution in [0, 0.1) is 9.39 Å². The minimum Gasteiger partial charge on any atom is -0.345 e. The lowest BCUT2D eigenvalue weighted by atomic mass is 10.2. The Morgan fingerprint density at radius 2 is 2.17 bits per heavy atom. The molecule has 1 fully saturated rings. The van der Waals surface area contributed by atoms with E-state index >= 15 is 0 Å². The molecule has 1 aromatic rings. The van der Waals surface area contributed by atoms with Crippen LogP contribution in [0.3, 0.4) is 0 Å². The molecule has 6 heteroatoms. The predicted molar refractivity (Wildman–Crippen MR) is 73.7 cm³/mol. The first-order valence-corrected chi connectivity index (χ1v) is 6.62. The van der Waals surface area contributed by atoms with Gasteiger partial charge in [0.2, 0.25) is 11.8 Å². The van der Waals surface area contributed by atoms with Gasteiger partial charge < -0.3 is 10.2 Å². The molecule has 4 nitrogen and oxygen atoms in total. The van der Waals surface area contributed by atoms with E-state index < -0.39 is 6.04 Å². The van der Waals surface area contributed by atoms with Crippen LogP contribution < -0.4 is 10.2 Å². The zero-order valence-electron chi connectivity index (χ0n) is 9.74. The maximum atomic E-state index is 13.1. The molecule has 0 aromatic heterocycles. The number of hydrogen-bond donors (Lipinski definition) is 1. The molecule has 0 radical (unpaired) electrons.